The van der Waals surface area contributed by atoms with Crippen molar-refractivity contribution < 1.29 is 18.0 Å². The predicted molar refractivity (Wildman–Crippen MR) is 166 cm³/mol. The van der Waals surface area contributed by atoms with Gasteiger partial charge in [0.25, 0.3) is 10.0 Å². The zero-order valence-corrected chi connectivity index (χ0v) is 26.5. The zero-order valence-electron chi connectivity index (χ0n) is 23.5. The molecule has 1 atom stereocenters. The zero-order chi connectivity index (χ0) is 30.3. The Morgan fingerprint density at radius 2 is 1.59 bits per heavy atom. The average Bonchev–Trinajstić information content (AvgIpc) is 2.93. The van der Waals surface area contributed by atoms with Crippen molar-refractivity contribution in [2.24, 2.45) is 0 Å². The molecule has 0 radical (unpaired) electrons. The van der Waals surface area contributed by atoms with Gasteiger partial charge in [-0.05, 0) is 74.2 Å². The lowest BCUT2D eigenvalue weighted by Crippen LogP contribution is -2.52. The topological polar surface area (TPSA) is 86.8 Å². The molecule has 0 aliphatic heterocycles. The molecule has 220 valence electrons. The monoisotopic (exact) mass is 637 g/mol. The van der Waals surface area contributed by atoms with E-state index in [4.69, 9.17) is 34.8 Å². The third-order valence-corrected chi connectivity index (χ3v) is 9.40. The van der Waals surface area contributed by atoms with Crippen LogP contribution in [-0.2, 0) is 26.2 Å². The Hall–Kier alpha value is -2.78. The third-order valence-electron chi connectivity index (χ3n) is 6.62. The van der Waals surface area contributed by atoms with Crippen molar-refractivity contribution in [2.45, 2.75) is 58.0 Å². The van der Waals surface area contributed by atoms with Gasteiger partial charge in [-0.2, -0.15) is 0 Å². The Kier molecular flexibility index (Phi) is 11.5. The van der Waals surface area contributed by atoms with Crippen LogP contribution in [0.15, 0.2) is 65.6 Å². The van der Waals surface area contributed by atoms with Gasteiger partial charge in [-0.3, -0.25) is 13.9 Å². The minimum Gasteiger partial charge on any atom is -0.354 e. The molecule has 0 saturated heterocycles. The Labute approximate surface area is 257 Å². The van der Waals surface area contributed by atoms with E-state index in [-0.39, 0.29) is 23.0 Å². The molecule has 0 saturated carbocycles. The molecule has 1 N–H and O–H groups in total. The molecule has 3 aromatic carbocycles. The van der Waals surface area contributed by atoms with Crippen molar-refractivity contribution in [1.29, 1.82) is 0 Å². The number of sulfonamides is 1. The number of hydrogen-bond donors (Lipinski definition) is 1. The number of nitrogens with one attached hydrogen (secondary N) is 1. The first-order valence-corrected chi connectivity index (χ1v) is 15.8. The second-order valence-electron chi connectivity index (χ2n) is 9.73. The summed E-state index contributed by atoms with van der Waals surface area (Å²) in [7, 11) is -4.20. The summed E-state index contributed by atoms with van der Waals surface area (Å²) in [5, 5.41) is 3.96. The minimum absolute atomic E-state index is 0.0209. The third kappa shape index (κ3) is 8.16. The Bertz CT molecular complexity index is 1500. The summed E-state index contributed by atoms with van der Waals surface area (Å²) < 4.78 is 28.9. The normalized spacial score (nSPS) is 12.1. The van der Waals surface area contributed by atoms with E-state index in [0.717, 1.165) is 21.9 Å². The van der Waals surface area contributed by atoms with Crippen LogP contribution in [0, 0.1) is 13.8 Å². The smallest absolute Gasteiger partial charge is 0.264 e. The number of nitrogens with zero attached hydrogens (tertiary/aromatic N) is 2. The molecule has 11 heteroatoms. The van der Waals surface area contributed by atoms with Gasteiger partial charge < -0.3 is 10.2 Å². The van der Waals surface area contributed by atoms with Gasteiger partial charge in [0.2, 0.25) is 11.8 Å². The molecule has 41 heavy (non-hydrogen) atoms. The molecule has 0 aromatic heterocycles. The van der Waals surface area contributed by atoms with Crippen LogP contribution in [0.25, 0.3) is 0 Å². The first kappa shape index (κ1) is 32.7. The maximum atomic E-state index is 14.1. The molecule has 3 aromatic rings. The number of aryl methyl sites for hydroxylation is 2. The first-order valence-electron chi connectivity index (χ1n) is 13.3. The van der Waals surface area contributed by atoms with Gasteiger partial charge in [-0.25, -0.2) is 8.42 Å². The second kappa shape index (κ2) is 14.4. The molecule has 0 aliphatic carbocycles. The number of hydrogen-bond acceptors (Lipinski definition) is 4. The number of amides is 2. The highest BCUT2D eigenvalue weighted by Gasteiger charge is 2.34. The fourth-order valence-corrected chi connectivity index (χ4v) is 6.27. The standard InChI is InChI=1S/C30H34Cl3N3O4S/c1-5-15-34-30(38)28(6-2)35(18-22-10-11-23(31)16-27(22)33)29(37)19-36(24-12-9-21(4)26(32)17-24)41(39,40)25-13-7-20(3)8-14-25/h7-14,16-17,28H,5-6,15,18-19H2,1-4H3,(H,34,38). The number of benzene rings is 3. The van der Waals surface area contributed by atoms with Crippen LogP contribution in [-0.4, -0.2) is 44.3 Å². The summed E-state index contributed by atoms with van der Waals surface area (Å²) in [6.07, 6.45) is 1.02. The van der Waals surface area contributed by atoms with E-state index >= 15 is 0 Å². The quantitative estimate of drug-likeness (QED) is 0.237. The van der Waals surface area contributed by atoms with Crippen LogP contribution < -0.4 is 9.62 Å². The van der Waals surface area contributed by atoms with Gasteiger partial charge in [-0.15, -0.1) is 0 Å². The fraction of sp³-hybridized carbons (Fsp3) is 0.333. The number of rotatable bonds is 12. The predicted octanol–water partition coefficient (Wildman–Crippen LogP) is 6.79. The summed E-state index contributed by atoms with van der Waals surface area (Å²) in [5.74, 6) is -0.916. The molecular formula is C30H34Cl3N3O4S. The molecule has 0 fully saturated rings. The van der Waals surface area contributed by atoms with Gasteiger partial charge in [-0.1, -0.05) is 78.5 Å². The van der Waals surface area contributed by atoms with Gasteiger partial charge in [0.15, 0.2) is 0 Å². The summed E-state index contributed by atoms with van der Waals surface area (Å²) in [4.78, 5) is 28.7. The lowest BCUT2D eigenvalue weighted by molar-refractivity contribution is -0.140. The average molecular weight is 639 g/mol. The molecule has 0 heterocycles. The van der Waals surface area contributed by atoms with Gasteiger partial charge in [0.1, 0.15) is 12.6 Å². The van der Waals surface area contributed by atoms with Crippen LogP contribution in [0.3, 0.4) is 0 Å². The molecule has 2 amide bonds. The number of carbonyl (C=O) groups is 2. The Morgan fingerprint density at radius 3 is 2.17 bits per heavy atom. The van der Waals surface area contributed by atoms with Gasteiger partial charge in [0.05, 0.1) is 10.6 Å². The number of anilines is 1. The highest BCUT2D eigenvalue weighted by molar-refractivity contribution is 7.92. The highest BCUT2D eigenvalue weighted by atomic mass is 35.5. The number of carbonyl (C=O) groups excluding carboxylic acids is 2. The molecule has 0 spiro atoms. The minimum atomic E-state index is -4.20. The van der Waals surface area contributed by atoms with E-state index in [9.17, 15) is 18.0 Å². The largest absolute Gasteiger partial charge is 0.354 e. The van der Waals surface area contributed by atoms with Crippen LogP contribution in [0.4, 0.5) is 5.69 Å². The number of halogens is 3. The Morgan fingerprint density at radius 1 is 0.902 bits per heavy atom. The van der Waals surface area contributed by atoms with Crippen molar-refractivity contribution in [1.82, 2.24) is 10.2 Å². The van der Waals surface area contributed by atoms with Crippen molar-refractivity contribution in [3.05, 3.63) is 92.4 Å². The molecule has 0 aliphatic rings. The van der Waals surface area contributed by atoms with Gasteiger partial charge in [0, 0.05) is 28.2 Å². The van der Waals surface area contributed by atoms with E-state index in [0.29, 0.717) is 33.6 Å². The molecule has 1 unspecified atom stereocenters. The van der Waals surface area contributed by atoms with Gasteiger partial charge >= 0.3 is 0 Å². The lowest BCUT2D eigenvalue weighted by atomic mass is 10.1. The van der Waals surface area contributed by atoms with Crippen molar-refractivity contribution >= 4 is 62.3 Å². The summed E-state index contributed by atoms with van der Waals surface area (Å²) >= 11 is 18.9. The van der Waals surface area contributed by atoms with E-state index in [1.54, 1.807) is 56.3 Å². The molecule has 0 bridgehead atoms. The molecule has 3 rings (SSSR count). The summed E-state index contributed by atoms with van der Waals surface area (Å²) in [6, 6.07) is 15.2. The van der Waals surface area contributed by atoms with Crippen LogP contribution in [0.1, 0.15) is 43.4 Å². The Balaban J connectivity index is 2.10. The highest BCUT2D eigenvalue weighted by Crippen LogP contribution is 2.29. The SMILES string of the molecule is CCCNC(=O)C(CC)N(Cc1ccc(Cl)cc1Cl)C(=O)CN(c1ccc(C)c(Cl)c1)S(=O)(=O)c1ccc(C)cc1. The van der Waals surface area contributed by atoms with E-state index in [2.05, 4.69) is 5.32 Å². The van der Waals surface area contributed by atoms with Crippen LogP contribution >= 0.6 is 34.8 Å². The van der Waals surface area contributed by atoms with Crippen molar-refractivity contribution in [2.75, 3.05) is 17.4 Å². The summed E-state index contributed by atoms with van der Waals surface area (Å²) in [5.41, 5.74) is 2.44. The van der Waals surface area contributed by atoms with E-state index < -0.39 is 28.5 Å². The maximum absolute atomic E-state index is 14.1. The van der Waals surface area contributed by atoms with E-state index in [1.807, 2.05) is 13.8 Å². The van der Waals surface area contributed by atoms with E-state index in [1.165, 1.54) is 23.1 Å². The van der Waals surface area contributed by atoms with Crippen molar-refractivity contribution in [3.8, 4) is 0 Å². The van der Waals surface area contributed by atoms with Crippen LogP contribution in [0.2, 0.25) is 15.1 Å². The fourth-order valence-electron chi connectivity index (χ4n) is 4.22. The first-order chi connectivity index (χ1) is 19.4. The second-order valence-corrected chi connectivity index (χ2v) is 12.8. The maximum Gasteiger partial charge on any atom is 0.264 e. The lowest BCUT2D eigenvalue weighted by Gasteiger charge is -2.33. The van der Waals surface area contributed by atoms with Crippen LogP contribution in [0.5, 0.6) is 0 Å². The molecule has 7 nitrogen and oxygen atoms in total. The van der Waals surface area contributed by atoms with Crippen molar-refractivity contribution in [3.63, 3.8) is 0 Å². The summed E-state index contributed by atoms with van der Waals surface area (Å²) in [6.45, 7) is 7.21. The molecular weight excluding hydrogens is 605 g/mol.